The molecular weight excluding hydrogens is 324 g/mol. The van der Waals surface area contributed by atoms with E-state index in [1.165, 1.54) is 19.4 Å². The average Bonchev–Trinajstić information content (AvgIpc) is 2.52. The number of alkyl carbamates (subject to hydrolysis) is 1. The first-order chi connectivity index (χ1) is 12.0. The Morgan fingerprint density at radius 2 is 1.81 bits per heavy atom. The first kappa shape index (κ1) is 22.2. The summed E-state index contributed by atoms with van der Waals surface area (Å²) in [6, 6.07) is 8.10. The molecule has 0 aromatic heterocycles. The maximum absolute atomic E-state index is 12.1. The normalized spacial score (nSPS) is 11.9. The first-order valence-corrected chi connectivity index (χ1v) is 9.53. The van der Waals surface area contributed by atoms with E-state index in [0.29, 0.717) is 6.61 Å². The minimum atomic E-state index is -0.493. The van der Waals surface area contributed by atoms with Crippen LogP contribution in [0.2, 0.25) is 0 Å². The summed E-state index contributed by atoms with van der Waals surface area (Å²) in [5.74, 6) is 0. The second-order valence-electron chi connectivity index (χ2n) is 8.68. The number of amides is 1. The summed E-state index contributed by atoms with van der Waals surface area (Å²) in [6.45, 7) is 11.6. The zero-order valence-electron chi connectivity index (χ0n) is 17.5. The van der Waals surface area contributed by atoms with Crippen LogP contribution in [0.3, 0.4) is 0 Å². The van der Waals surface area contributed by atoms with Gasteiger partial charge in [-0.2, -0.15) is 0 Å². The quantitative estimate of drug-likeness (QED) is 0.473. The topological polar surface area (TPSA) is 38.3 Å². The maximum Gasteiger partial charge on any atom is 0.407 e. The molecule has 0 aliphatic rings. The Bertz CT molecular complexity index is 600. The number of carbonyl (C=O) groups excluding carboxylic acids is 1. The van der Waals surface area contributed by atoms with Crippen molar-refractivity contribution in [2.45, 2.75) is 52.0 Å². The molecule has 0 bridgehead atoms. The van der Waals surface area contributed by atoms with Gasteiger partial charge in [0.25, 0.3) is 0 Å². The van der Waals surface area contributed by atoms with Gasteiger partial charge in [0.1, 0.15) is 0 Å². The molecule has 0 radical (unpaired) electrons. The van der Waals surface area contributed by atoms with Gasteiger partial charge >= 0.3 is 6.09 Å². The molecule has 4 nitrogen and oxygen atoms in total. The summed E-state index contributed by atoms with van der Waals surface area (Å²) in [6.07, 6.45) is 4.04. The van der Waals surface area contributed by atoms with Crippen molar-refractivity contribution in [1.29, 1.82) is 0 Å². The zero-order valence-corrected chi connectivity index (χ0v) is 17.5. The third kappa shape index (κ3) is 8.52. The number of hydrogen-bond acceptors (Lipinski definition) is 2. The number of allylic oxidation sites excluding steroid dienone is 1. The number of hydrogen-bond donors (Lipinski definition) is 1. The highest BCUT2D eigenvalue weighted by atomic mass is 16.5. The molecule has 0 saturated carbocycles. The Hall–Kier alpha value is -1.81. The van der Waals surface area contributed by atoms with Crippen LogP contribution in [0.4, 0.5) is 4.79 Å². The number of benzene rings is 1. The molecule has 0 unspecified atom stereocenters. The van der Waals surface area contributed by atoms with E-state index < -0.39 is 5.54 Å². The van der Waals surface area contributed by atoms with Gasteiger partial charge in [-0.05, 0) is 63.6 Å². The van der Waals surface area contributed by atoms with Gasteiger partial charge in [0.2, 0.25) is 0 Å². The lowest BCUT2D eigenvalue weighted by Gasteiger charge is -2.27. The van der Waals surface area contributed by atoms with Gasteiger partial charge in [0, 0.05) is 0 Å². The summed E-state index contributed by atoms with van der Waals surface area (Å²) >= 11 is 0. The lowest BCUT2D eigenvalue weighted by molar-refractivity contribution is -0.870. The summed E-state index contributed by atoms with van der Waals surface area (Å²) in [5.41, 5.74) is 2.64. The summed E-state index contributed by atoms with van der Waals surface area (Å²) in [7, 11) is 6.63. The van der Waals surface area contributed by atoms with Crippen LogP contribution in [0.1, 0.15) is 57.6 Å². The molecule has 0 atom stereocenters. The fourth-order valence-electron chi connectivity index (χ4n) is 2.74. The largest absolute Gasteiger partial charge is 0.450 e. The van der Waals surface area contributed by atoms with Gasteiger partial charge < -0.3 is 14.5 Å². The van der Waals surface area contributed by atoms with Crippen LogP contribution in [0, 0.1) is 0 Å². The minimum absolute atomic E-state index is 0.359. The van der Waals surface area contributed by atoms with Gasteiger partial charge in [-0.3, -0.25) is 0 Å². The Morgan fingerprint density at radius 1 is 1.15 bits per heavy atom. The van der Waals surface area contributed by atoms with Crippen LogP contribution in [0.5, 0.6) is 0 Å². The van der Waals surface area contributed by atoms with Crippen molar-refractivity contribution in [2.75, 3.05) is 34.3 Å². The number of nitrogens with one attached hydrogen (secondary N) is 1. The number of ether oxygens (including phenoxy) is 1. The Labute approximate surface area is 159 Å². The highest BCUT2D eigenvalue weighted by molar-refractivity contribution is 5.69. The number of nitrogens with zero attached hydrogens (tertiary/aromatic N) is 1. The lowest BCUT2D eigenvalue weighted by Crippen LogP contribution is -2.41. The van der Waals surface area contributed by atoms with Crippen molar-refractivity contribution in [3.8, 4) is 0 Å². The van der Waals surface area contributed by atoms with E-state index in [-0.39, 0.29) is 6.09 Å². The Morgan fingerprint density at radius 3 is 2.42 bits per heavy atom. The van der Waals surface area contributed by atoms with Crippen molar-refractivity contribution < 1.29 is 14.0 Å². The molecule has 1 rings (SSSR count). The number of rotatable bonds is 10. The van der Waals surface area contributed by atoms with Crippen molar-refractivity contribution >= 4 is 11.7 Å². The van der Waals surface area contributed by atoms with Crippen LogP contribution >= 0.6 is 0 Å². The van der Waals surface area contributed by atoms with Gasteiger partial charge in [-0.15, -0.1) is 0 Å². The molecular formula is C22H37N2O2+. The lowest BCUT2D eigenvalue weighted by atomic mass is 9.92. The second kappa shape index (κ2) is 9.77. The van der Waals surface area contributed by atoms with E-state index >= 15 is 0 Å². The van der Waals surface area contributed by atoms with Crippen molar-refractivity contribution in [2.24, 2.45) is 0 Å². The summed E-state index contributed by atoms with van der Waals surface area (Å²) < 4.78 is 6.35. The van der Waals surface area contributed by atoms with E-state index in [1.807, 2.05) is 39.0 Å². The van der Waals surface area contributed by atoms with Crippen molar-refractivity contribution in [3.05, 3.63) is 42.0 Å². The predicted octanol–water partition coefficient (Wildman–Crippen LogP) is 4.95. The monoisotopic (exact) mass is 361 g/mol. The molecule has 146 valence electrons. The SMILES string of the molecule is C=C(C)c1cccc(C(C)(C)NC(=O)OCCCCCC[N+](C)(C)C)c1. The highest BCUT2D eigenvalue weighted by Crippen LogP contribution is 2.23. The third-order valence-electron chi connectivity index (χ3n) is 4.45. The molecule has 4 heteroatoms. The van der Waals surface area contributed by atoms with Crippen molar-refractivity contribution in [1.82, 2.24) is 5.32 Å². The first-order valence-electron chi connectivity index (χ1n) is 9.53. The Kier molecular flexibility index (Phi) is 8.35. The van der Waals surface area contributed by atoms with E-state index in [9.17, 15) is 4.79 Å². The van der Waals surface area contributed by atoms with Crippen molar-refractivity contribution in [3.63, 3.8) is 0 Å². The van der Waals surface area contributed by atoms with Crippen LogP contribution in [-0.2, 0) is 10.3 Å². The molecule has 0 spiro atoms. The van der Waals surface area contributed by atoms with E-state index in [0.717, 1.165) is 34.0 Å². The number of carbonyl (C=O) groups is 1. The van der Waals surface area contributed by atoms with Crippen LogP contribution in [0.15, 0.2) is 30.8 Å². The maximum atomic E-state index is 12.1. The molecule has 26 heavy (non-hydrogen) atoms. The molecule has 0 fully saturated rings. The van der Waals surface area contributed by atoms with Gasteiger partial charge in [-0.25, -0.2) is 4.79 Å². The van der Waals surface area contributed by atoms with Crippen LogP contribution in [0.25, 0.3) is 5.57 Å². The molecule has 1 aromatic carbocycles. The third-order valence-corrected chi connectivity index (χ3v) is 4.45. The predicted molar refractivity (Wildman–Crippen MR) is 110 cm³/mol. The summed E-state index contributed by atoms with van der Waals surface area (Å²) in [4.78, 5) is 12.1. The van der Waals surface area contributed by atoms with E-state index in [2.05, 4.69) is 39.1 Å². The highest BCUT2D eigenvalue weighted by Gasteiger charge is 2.23. The van der Waals surface area contributed by atoms with Crippen LogP contribution < -0.4 is 5.32 Å². The van der Waals surface area contributed by atoms with Crippen LogP contribution in [-0.4, -0.2) is 44.9 Å². The standard InChI is InChI=1S/C22H36N2O2/c1-18(2)19-13-12-14-20(17-19)22(3,4)23-21(25)26-16-11-9-8-10-15-24(5,6)7/h12-14,17H,1,8-11,15-16H2,2-7H3/p+1. The number of quaternary nitrogens is 1. The second-order valence-corrected chi connectivity index (χ2v) is 8.68. The molecule has 1 N–H and O–H groups in total. The van der Waals surface area contributed by atoms with Gasteiger partial charge in [-0.1, -0.05) is 30.4 Å². The van der Waals surface area contributed by atoms with Gasteiger partial charge in [0.15, 0.2) is 0 Å². The fourth-order valence-corrected chi connectivity index (χ4v) is 2.74. The van der Waals surface area contributed by atoms with Gasteiger partial charge in [0.05, 0.1) is 39.8 Å². The Balaban J connectivity index is 2.35. The molecule has 0 aliphatic carbocycles. The molecule has 0 saturated heterocycles. The molecule has 0 heterocycles. The van der Waals surface area contributed by atoms with E-state index in [1.54, 1.807) is 0 Å². The molecule has 1 amide bonds. The molecule has 0 aliphatic heterocycles. The smallest absolute Gasteiger partial charge is 0.407 e. The fraction of sp³-hybridized carbons (Fsp3) is 0.591. The average molecular weight is 362 g/mol. The van der Waals surface area contributed by atoms with E-state index in [4.69, 9.17) is 4.74 Å². The molecule has 1 aromatic rings. The minimum Gasteiger partial charge on any atom is -0.450 e. The zero-order chi connectivity index (χ0) is 19.8. The number of unbranched alkanes of at least 4 members (excludes halogenated alkanes) is 3. The summed E-state index contributed by atoms with van der Waals surface area (Å²) in [5, 5.41) is 2.97.